The van der Waals surface area contributed by atoms with Gasteiger partial charge in [0.1, 0.15) is 11.9 Å². The van der Waals surface area contributed by atoms with Crippen molar-refractivity contribution >= 4 is 5.97 Å². The van der Waals surface area contributed by atoms with E-state index in [1.165, 1.54) is 44.9 Å². The first-order chi connectivity index (χ1) is 9.71. The molecule has 0 unspecified atom stereocenters. The zero-order chi connectivity index (χ0) is 14.8. The van der Waals surface area contributed by atoms with Gasteiger partial charge in [0.05, 0.1) is 26.6 Å². The maximum atomic E-state index is 11.3. The van der Waals surface area contributed by atoms with Gasteiger partial charge in [-0.1, -0.05) is 26.7 Å². The topological polar surface area (TPSA) is 35.1 Å². The summed E-state index contributed by atoms with van der Waals surface area (Å²) < 4.78 is 9.28. The summed E-state index contributed by atoms with van der Waals surface area (Å²) in [7, 11) is 1.45. The van der Waals surface area contributed by atoms with Crippen LogP contribution in [0, 0.1) is 0 Å². The first kappa shape index (κ1) is 16.7. The largest absolute Gasteiger partial charge is 0.469 e. The highest BCUT2D eigenvalue weighted by Crippen LogP contribution is 2.04. The van der Waals surface area contributed by atoms with E-state index < -0.39 is 0 Å². The molecule has 0 N–H and O–H groups in total. The summed E-state index contributed by atoms with van der Waals surface area (Å²) in [6.45, 7) is 6.53. The molecular formula is C16H29N2O2+. The molecule has 0 aromatic carbocycles. The van der Waals surface area contributed by atoms with Crippen LogP contribution in [0.5, 0.6) is 0 Å². The third kappa shape index (κ3) is 5.76. The molecule has 0 spiro atoms. The van der Waals surface area contributed by atoms with E-state index in [2.05, 4.69) is 35.5 Å². The lowest BCUT2D eigenvalue weighted by atomic mass is 10.2. The summed E-state index contributed by atoms with van der Waals surface area (Å²) >= 11 is 0. The van der Waals surface area contributed by atoms with E-state index in [9.17, 15) is 4.79 Å². The molecule has 0 aliphatic carbocycles. The van der Waals surface area contributed by atoms with Crippen LogP contribution in [0.2, 0.25) is 0 Å². The van der Waals surface area contributed by atoms with Gasteiger partial charge in [-0.2, -0.15) is 0 Å². The van der Waals surface area contributed by atoms with Crippen LogP contribution in [-0.2, 0) is 29.0 Å². The number of ether oxygens (including phenoxy) is 1. The first-order valence-corrected chi connectivity index (χ1v) is 7.86. The predicted octanol–water partition coefficient (Wildman–Crippen LogP) is 2.87. The van der Waals surface area contributed by atoms with E-state index in [1.807, 2.05) is 0 Å². The first-order valence-electron chi connectivity index (χ1n) is 7.86. The van der Waals surface area contributed by atoms with Crippen LogP contribution < -0.4 is 4.57 Å². The second kappa shape index (κ2) is 9.56. The van der Waals surface area contributed by atoms with Crippen LogP contribution in [0.4, 0.5) is 0 Å². The van der Waals surface area contributed by atoms with Crippen molar-refractivity contribution in [2.24, 2.45) is 0 Å². The minimum atomic E-state index is -0.133. The Hall–Kier alpha value is -1.32. The van der Waals surface area contributed by atoms with Crippen molar-refractivity contribution in [1.82, 2.24) is 4.57 Å². The van der Waals surface area contributed by atoms with E-state index in [-0.39, 0.29) is 5.97 Å². The lowest BCUT2D eigenvalue weighted by Gasteiger charge is -2.01. The van der Waals surface area contributed by atoms with Crippen LogP contribution in [0.15, 0.2) is 12.5 Å². The highest BCUT2D eigenvalue weighted by atomic mass is 16.5. The Kier molecular flexibility index (Phi) is 8.00. The van der Waals surface area contributed by atoms with Crippen molar-refractivity contribution in [3.05, 3.63) is 18.2 Å². The Morgan fingerprint density at radius 3 is 2.65 bits per heavy atom. The monoisotopic (exact) mass is 281 g/mol. The van der Waals surface area contributed by atoms with E-state index in [0.717, 1.165) is 19.5 Å². The smallest absolute Gasteiger partial charge is 0.305 e. The molecule has 4 heteroatoms. The van der Waals surface area contributed by atoms with Gasteiger partial charge in [-0.25, -0.2) is 9.13 Å². The molecule has 1 rings (SSSR count). The number of nitrogens with zero attached hydrogens (tertiary/aromatic N) is 2. The SMILES string of the molecule is CCCCC[n+]1cn(CCCC)cc1CCC(=O)OC. The molecule has 0 saturated heterocycles. The number of hydrogen-bond donors (Lipinski definition) is 0. The fourth-order valence-electron chi connectivity index (χ4n) is 2.29. The number of hydrogen-bond acceptors (Lipinski definition) is 2. The van der Waals surface area contributed by atoms with Gasteiger partial charge in [0.25, 0.3) is 0 Å². The van der Waals surface area contributed by atoms with Crippen molar-refractivity contribution < 1.29 is 14.1 Å². The number of carbonyl (C=O) groups is 1. The van der Waals surface area contributed by atoms with Gasteiger partial charge in [-0.05, 0) is 19.3 Å². The predicted molar refractivity (Wildman–Crippen MR) is 79.4 cm³/mol. The van der Waals surface area contributed by atoms with Gasteiger partial charge >= 0.3 is 5.97 Å². The molecule has 0 aliphatic rings. The summed E-state index contributed by atoms with van der Waals surface area (Å²) in [5.74, 6) is -0.133. The van der Waals surface area contributed by atoms with E-state index in [0.29, 0.717) is 6.42 Å². The molecule has 0 aliphatic heterocycles. The Balaban J connectivity index is 2.65. The van der Waals surface area contributed by atoms with E-state index in [1.54, 1.807) is 0 Å². The minimum Gasteiger partial charge on any atom is -0.469 e. The van der Waals surface area contributed by atoms with Crippen LogP contribution in [-0.4, -0.2) is 17.6 Å². The van der Waals surface area contributed by atoms with Crippen LogP contribution in [0.25, 0.3) is 0 Å². The number of carbonyl (C=O) groups excluding carboxylic acids is 1. The molecule has 20 heavy (non-hydrogen) atoms. The summed E-state index contributed by atoms with van der Waals surface area (Å²) in [5.41, 5.74) is 1.24. The highest BCUT2D eigenvalue weighted by Gasteiger charge is 2.14. The Morgan fingerprint density at radius 1 is 1.25 bits per heavy atom. The Labute approximate surface area is 122 Å². The molecule has 0 radical (unpaired) electrons. The third-order valence-electron chi connectivity index (χ3n) is 3.56. The van der Waals surface area contributed by atoms with Crippen molar-refractivity contribution in [1.29, 1.82) is 0 Å². The fourth-order valence-corrected chi connectivity index (χ4v) is 2.29. The molecule has 0 fully saturated rings. The highest BCUT2D eigenvalue weighted by molar-refractivity contribution is 5.69. The summed E-state index contributed by atoms with van der Waals surface area (Å²) in [4.78, 5) is 11.3. The average Bonchev–Trinajstić information content (AvgIpc) is 2.85. The van der Waals surface area contributed by atoms with Crippen molar-refractivity contribution in [2.45, 2.75) is 71.9 Å². The summed E-state index contributed by atoms with van der Waals surface area (Å²) in [6, 6.07) is 0. The molecule has 4 nitrogen and oxygen atoms in total. The Morgan fingerprint density at radius 2 is 2.00 bits per heavy atom. The third-order valence-corrected chi connectivity index (χ3v) is 3.56. The number of aryl methyl sites for hydroxylation is 3. The molecule has 1 aromatic heterocycles. The van der Waals surface area contributed by atoms with E-state index >= 15 is 0 Å². The molecule has 0 saturated carbocycles. The minimum absolute atomic E-state index is 0.133. The average molecular weight is 281 g/mol. The lowest BCUT2D eigenvalue weighted by molar-refractivity contribution is -0.703. The molecule has 1 heterocycles. The molecular weight excluding hydrogens is 252 g/mol. The van der Waals surface area contributed by atoms with Crippen LogP contribution in [0.1, 0.15) is 58.1 Å². The zero-order valence-electron chi connectivity index (χ0n) is 13.2. The van der Waals surface area contributed by atoms with Crippen LogP contribution in [0.3, 0.4) is 0 Å². The number of unbranched alkanes of at least 4 members (excludes halogenated alkanes) is 3. The van der Waals surface area contributed by atoms with E-state index in [4.69, 9.17) is 4.74 Å². The van der Waals surface area contributed by atoms with Gasteiger partial charge in [0.2, 0.25) is 6.33 Å². The van der Waals surface area contributed by atoms with Gasteiger partial charge in [-0.3, -0.25) is 4.79 Å². The number of imidazole rings is 1. The maximum absolute atomic E-state index is 11.3. The molecule has 114 valence electrons. The molecule has 0 atom stereocenters. The quantitative estimate of drug-likeness (QED) is 0.375. The second-order valence-corrected chi connectivity index (χ2v) is 5.30. The summed E-state index contributed by atoms with van der Waals surface area (Å²) in [6.07, 6.45) is 11.7. The second-order valence-electron chi connectivity index (χ2n) is 5.30. The summed E-state index contributed by atoms with van der Waals surface area (Å²) in [5, 5.41) is 0. The fraction of sp³-hybridized carbons (Fsp3) is 0.750. The maximum Gasteiger partial charge on any atom is 0.305 e. The molecule has 0 bridgehead atoms. The zero-order valence-corrected chi connectivity index (χ0v) is 13.2. The van der Waals surface area contributed by atoms with Gasteiger partial charge < -0.3 is 4.74 Å². The normalized spacial score (nSPS) is 10.8. The van der Waals surface area contributed by atoms with Crippen LogP contribution >= 0.6 is 0 Å². The van der Waals surface area contributed by atoms with Crippen molar-refractivity contribution in [3.63, 3.8) is 0 Å². The van der Waals surface area contributed by atoms with Gasteiger partial charge in [0, 0.05) is 6.42 Å². The van der Waals surface area contributed by atoms with Crippen molar-refractivity contribution in [3.8, 4) is 0 Å². The van der Waals surface area contributed by atoms with Gasteiger partial charge in [0.15, 0.2) is 0 Å². The van der Waals surface area contributed by atoms with Crippen molar-refractivity contribution in [2.75, 3.05) is 7.11 Å². The number of methoxy groups -OCH3 is 1. The number of esters is 1. The molecule has 1 aromatic rings. The lowest BCUT2D eigenvalue weighted by Crippen LogP contribution is -2.36. The number of aromatic nitrogens is 2. The standard InChI is InChI=1S/C16H29N2O2/c1-4-6-8-12-18-14-17(11-7-5-2)13-15(18)9-10-16(19)20-3/h13-14H,4-12H2,1-3H3/q+1. The molecule has 0 amide bonds. The Bertz CT molecular complexity index is 399. The van der Waals surface area contributed by atoms with Gasteiger partial charge in [-0.15, -0.1) is 0 Å². The number of rotatable bonds is 10.